The molecule has 0 aliphatic carbocycles. The topological polar surface area (TPSA) is 102 Å². The van der Waals surface area contributed by atoms with E-state index in [-0.39, 0.29) is 25.5 Å². The number of carbonyl (C=O) groups is 1. The number of carbonyl (C=O) groups excluding carboxylic acids is 1. The van der Waals surface area contributed by atoms with Crippen LogP contribution in [0.2, 0.25) is 0 Å². The first kappa shape index (κ1) is 27.0. The van der Waals surface area contributed by atoms with E-state index >= 15 is 0 Å². The Labute approximate surface area is 222 Å². The lowest BCUT2D eigenvalue weighted by Gasteiger charge is -2.21. The molecule has 8 heteroatoms. The minimum atomic E-state index is -0.497. The summed E-state index contributed by atoms with van der Waals surface area (Å²) < 4.78 is 22.6. The molecule has 0 saturated heterocycles. The fraction of sp³-hybridized carbons (Fsp3) is 0.300. The first-order chi connectivity index (χ1) is 18.6. The van der Waals surface area contributed by atoms with Crippen LogP contribution in [0.25, 0.3) is 10.9 Å². The van der Waals surface area contributed by atoms with Gasteiger partial charge < -0.3 is 34.4 Å². The van der Waals surface area contributed by atoms with Gasteiger partial charge in [0.15, 0.2) is 11.5 Å². The molecule has 0 aliphatic rings. The SMILES string of the molecule is COc1cc(COC(CC(=O)NC(CO)Cc2c[nH]c3ccccc23)c2ccccc2)cc(OC)c1OC. The van der Waals surface area contributed by atoms with Gasteiger partial charge in [-0.3, -0.25) is 4.79 Å². The van der Waals surface area contributed by atoms with Crippen molar-refractivity contribution in [1.29, 1.82) is 0 Å². The number of para-hydroxylation sites is 1. The number of rotatable bonds is 13. The Balaban J connectivity index is 1.46. The first-order valence-corrected chi connectivity index (χ1v) is 12.5. The number of aromatic amines is 1. The summed E-state index contributed by atoms with van der Waals surface area (Å²) in [5, 5.41) is 14.1. The molecule has 4 aromatic rings. The third-order valence-electron chi connectivity index (χ3n) is 6.44. The van der Waals surface area contributed by atoms with Crippen molar-refractivity contribution >= 4 is 16.8 Å². The number of ether oxygens (including phenoxy) is 4. The van der Waals surface area contributed by atoms with Crippen molar-refractivity contribution in [2.75, 3.05) is 27.9 Å². The fourth-order valence-electron chi connectivity index (χ4n) is 4.54. The molecular formula is C30H34N2O6. The zero-order valence-corrected chi connectivity index (χ0v) is 21.9. The predicted octanol–water partition coefficient (Wildman–Crippen LogP) is 4.56. The molecule has 8 nitrogen and oxygen atoms in total. The molecule has 3 aromatic carbocycles. The van der Waals surface area contributed by atoms with Gasteiger partial charge in [0.1, 0.15) is 0 Å². The van der Waals surface area contributed by atoms with Crippen molar-refractivity contribution in [3.63, 3.8) is 0 Å². The Morgan fingerprint density at radius 3 is 2.29 bits per heavy atom. The number of hydrogen-bond donors (Lipinski definition) is 3. The maximum atomic E-state index is 13.1. The standard InChI is InChI=1S/C30H34N2O6/c1-35-27-13-20(14-28(36-2)30(27)37-3)19-38-26(21-9-5-4-6-10-21)16-29(34)32-23(18-33)15-22-17-31-25-12-8-7-11-24(22)25/h4-14,17,23,26,31,33H,15-16,18-19H2,1-3H3,(H,32,34). The Bertz CT molecular complexity index is 1310. The van der Waals surface area contributed by atoms with Gasteiger partial charge in [0.05, 0.1) is 53.1 Å². The Morgan fingerprint density at radius 1 is 0.947 bits per heavy atom. The highest BCUT2D eigenvalue weighted by molar-refractivity contribution is 5.83. The molecule has 4 rings (SSSR count). The summed E-state index contributed by atoms with van der Waals surface area (Å²) in [6, 6.07) is 20.8. The van der Waals surface area contributed by atoms with E-state index in [1.807, 2.05) is 72.9 Å². The van der Waals surface area contributed by atoms with E-state index in [1.165, 1.54) is 0 Å². The average molecular weight is 519 g/mol. The number of hydrogen-bond acceptors (Lipinski definition) is 6. The summed E-state index contributed by atoms with van der Waals surface area (Å²) in [7, 11) is 4.68. The van der Waals surface area contributed by atoms with Gasteiger partial charge in [0.25, 0.3) is 0 Å². The highest BCUT2D eigenvalue weighted by Crippen LogP contribution is 2.38. The van der Waals surface area contributed by atoms with Crippen LogP contribution in [0.3, 0.4) is 0 Å². The molecule has 0 bridgehead atoms. The maximum Gasteiger partial charge on any atom is 0.223 e. The Morgan fingerprint density at radius 2 is 1.63 bits per heavy atom. The lowest BCUT2D eigenvalue weighted by atomic mass is 10.0. The predicted molar refractivity (Wildman–Crippen MR) is 146 cm³/mol. The first-order valence-electron chi connectivity index (χ1n) is 12.5. The summed E-state index contributed by atoms with van der Waals surface area (Å²) in [6.45, 7) is 0.0515. The number of H-pyrrole nitrogens is 1. The van der Waals surface area contributed by atoms with Crippen molar-refractivity contribution in [2.45, 2.75) is 31.6 Å². The lowest BCUT2D eigenvalue weighted by Crippen LogP contribution is -2.39. The molecule has 0 aliphatic heterocycles. The van der Waals surface area contributed by atoms with Crippen molar-refractivity contribution < 1.29 is 28.8 Å². The van der Waals surface area contributed by atoms with Crippen LogP contribution >= 0.6 is 0 Å². The molecule has 1 amide bonds. The van der Waals surface area contributed by atoms with Crippen LogP contribution in [0.5, 0.6) is 17.2 Å². The largest absolute Gasteiger partial charge is 0.493 e. The number of methoxy groups -OCH3 is 3. The van der Waals surface area contributed by atoms with Gasteiger partial charge in [0.2, 0.25) is 11.7 Å². The molecule has 3 N–H and O–H groups in total. The lowest BCUT2D eigenvalue weighted by molar-refractivity contribution is -0.125. The van der Waals surface area contributed by atoms with Crippen molar-refractivity contribution in [2.24, 2.45) is 0 Å². The third kappa shape index (κ3) is 6.45. The van der Waals surface area contributed by atoms with Crippen LogP contribution in [0.4, 0.5) is 0 Å². The van der Waals surface area contributed by atoms with Crippen LogP contribution in [0.15, 0.2) is 72.9 Å². The Kier molecular flexibility index (Phi) is 9.24. The molecule has 1 heterocycles. The van der Waals surface area contributed by atoms with Crippen LogP contribution < -0.4 is 19.5 Å². The third-order valence-corrected chi connectivity index (χ3v) is 6.44. The molecule has 2 unspecified atom stereocenters. The summed E-state index contributed by atoms with van der Waals surface area (Å²) in [5.41, 5.74) is 3.76. The van der Waals surface area contributed by atoms with Gasteiger partial charge in [-0.2, -0.15) is 0 Å². The van der Waals surface area contributed by atoms with Crippen molar-refractivity contribution in [1.82, 2.24) is 10.3 Å². The smallest absolute Gasteiger partial charge is 0.223 e. The van der Waals surface area contributed by atoms with Crippen LogP contribution in [-0.4, -0.2) is 50.0 Å². The van der Waals surface area contributed by atoms with E-state index in [1.54, 1.807) is 21.3 Å². The van der Waals surface area contributed by atoms with Crippen LogP contribution in [0.1, 0.15) is 29.2 Å². The molecule has 0 saturated carbocycles. The summed E-state index contributed by atoms with van der Waals surface area (Å²) in [5.74, 6) is 1.36. The molecule has 0 fully saturated rings. The minimum Gasteiger partial charge on any atom is -0.493 e. The van der Waals surface area contributed by atoms with Gasteiger partial charge in [-0.1, -0.05) is 48.5 Å². The number of aliphatic hydroxyl groups is 1. The number of aromatic nitrogens is 1. The van der Waals surface area contributed by atoms with Gasteiger partial charge in [0, 0.05) is 17.1 Å². The summed E-state index contributed by atoms with van der Waals surface area (Å²) >= 11 is 0. The zero-order chi connectivity index (χ0) is 26.9. The van der Waals surface area contributed by atoms with Gasteiger partial charge in [-0.25, -0.2) is 0 Å². The number of aliphatic hydroxyl groups excluding tert-OH is 1. The Hall–Kier alpha value is -4.01. The van der Waals surface area contributed by atoms with E-state index in [2.05, 4.69) is 10.3 Å². The minimum absolute atomic E-state index is 0.0961. The van der Waals surface area contributed by atoms with Crippen molar-refractivity contribution in [3.05, 3.63) is 89.6 Å². The second kappa shape index (κ2) is 13.0. The number of benzene rings is 3. The van der Waals surface area contributed by atoms with Gasteiger partial charge in [-0.05, 0) is 41.3 Å². The number of fused-ring (bicyclic) bond motifs is 1. The second-order valence-corrected chi connectivity index (χ2v) is 8.96. The molecule has 0 spiro atoms. The van der Waals surface area contributed by atoms with E-state index in [4.69, 9.17) is 18.9 Å². The summed E-state index contributed by atoms with van der Waals surface area (Å²) in [6.07, 6.45) is 2.03. The van der Waals surface area contributed by atoms with Crippen LogP contribution in [-0.2, 0) is 22.6 Å². The molecule has 200 valence electrons. The van der Waals surface area contributed by atoms with E-state index in [0.29, 0.717) is 23.7 Å². The summed E-state index contributed by atoms with van der Waals surface area (Å²) in [4.78, 5) is 16.4. The molecular weight excluding hydrogens is 484 g/mol. The molecule has 2 atom stereocenters. The highest BCUT2D eigenvalue weighted by atomic mass is 16.5. The van der Waals surface area contributed by atoms with Gasteiger partial charge in [-0.15, -0.1) is 0 Å². The van der Waals surface area contributed by atoms with E-state index < -0.39 is 12.1 Å². The van der Waals surface area contributed by atoms with E-state index in [9.17, 15) is 9.90 Å². The number of amides is 1. The van der Waals surface area contributed by atoms with Crippen LogP contribution in [0, 0.1) is 0 Å². The monoisotopic (exact) mass is 518 g/mol. The maximum absolute atomic E-state index is 13.1. The fourth-order valence-corrected chi connectivity index (χ4v) is 4.54. The van der Waals surface area contributed by atoms with E-state index in [0.717, 1.165) is 27.6 Å². The molecule has 0 radical (unpaired) electrons. The normalized spacial score (nSPS) is 12.6. The second-order valence-electron chi connectivity index (χ2n) is 8.96. The zero-order valence-electron chi connectivity index (χ0n) is 21.9. The molecule has 1 aromatic heterocycles. The van der Waals surface area contributed by atoms with Gasteiger partial charge >= 0.3 is 0 Å². The quantitative estimate of drug-likeness (QED) is 0.240. The van der Waals surface area contributed by atoms with Crippen molar-refractivity contribution in [3.8, 4) is 17.2 Å². The number of nitrogens with one attached hydrogen (secondary N) is 2. The highest BCUT2D eigenvalue weighted by Gasteiger charge is 2.21. The average Bonchev–Trinajstić information content (AvgIpc) is 3.37. The molecule has 38 heavy (non-hydrogen) atoms.